The van der Waals surface area contributed by atoms with Gasteiger partial charge in [-0.05, 0) is 91.1 Å². The summed E-state index contributed by atoms with van der Waals surface area (Å²) < 4.78 is 6.02. The molecule has 0 saturated heterocycles. The van der Waals surface area contributed by atoms with Crippen LogP contribution < -0.4 is 0 Å². The van der Waals surface area contributed by atoms with E-state index in [1.165, 1.54) is 50.7 Å². The zero-order valence-electron chi connectivity index (χ0n) is 15.3. The highest BCUT2D eigenvalue weighted by Crippen LogP contribution is 2.65. The lowest BCUT2D eigenvalue weighted by atomic mass is 9.47. The van der Waals surface area contributed by atoms with E-state index in [9.17, 15) is 5.11 Å². The minimum atomic E-state index is -0.0611. The minimum Gasteiger partial charge on any atom is -0.498 e. The lowest BCUT2D eigenvalue weighted by Gasteiger charge is -2.57. The van der Waals surface area contributed by atoms with Crippen LogP contribution in [0.2, 0.25) is 0 Å². The molecule has 2 heteroatoms. The predicted octanol–water partition coefficient (Wildman–Crippen LogP) is 4.98. The van der Waals surface area contributed by atoms with Crippen molar-refractivity contribution in [3.05, 3.63) is 23.0 Å². The van der Waals surface area contributed by atoms with E-state index in [4.69, 9.17) is 4.74 Å². The van der Waals surface area contributed by atoms with E-state index in [0.29, 0.717) is 5.41 Å². The number of hydrogen-bond acceptors (Lipinski definition) is 2. The van der Waals surface area contributed by atoms with Crippen LogP contribution in [0.15, 0.2) is 23.0 Å². The standard InChI is InChI=1S/C22H32O2/c1-21-12-10-19-15(4-3-13-24-19)17(21)6-5-14-16-7-8-20(23)22(16,2)11-9-18(14)21/h6,14,16,18,20,23H,3-5,7-13H2,1-2H3/t14-,16-,18-,20-,21-,22-/m0/s1. The van der Waals surface area contributed by atoms with Gasteiger partial charge in [-0.2, -0.15) is 0 Å². The first-order valence-electron chi connectivity index (χ1n) is 10.3. The molecule has 4 aliphatic carbocycles. The molecule has 0 aromatic heterocycles. The topological polar surface area (TPSA) is 29.5 Å². The Bertz CT molecular complexity index is 617. The third-order valence-electron chi connectivity index (χ3n) is 8.80. The fourth-order valence-electron chi connectivity index (χ4n) is 7.41. The second-order valence-electron chi connectivity index (χ2n) is 9.64. The minimum absolute atomic E-state index is 0.0611. The maximum absolute atomic E-state index is 10.6. The van der Waals surface area contributed by atoms with Crippen molar-refractivity contribution in [3.8, 4) is 0 Å². The second kappa shape index (κ2) is 5.13. The average molecular weight is 328 g/mol. The van der Waals surface area contributed by atoms with E-state index < -0.39 is 0 Å². The van der Waals surface area contributed by atoms with Gasteiger partial charge in [0.05, 0.1) is 18.5 Å². The fourth-order valence-corrected chi connectivity index (χ4v) is 7.41. The van der Waals surface area contributed by atoms with E-state index in [1.807, 2.05) is 0 Å². The maximum Gasteiger partial charge on any atom is 0.0994 e. The Morgan fingerprint density at radius 2 is 1.96 bits per heavy atom. The van der Waals surface area contributed by atoms with Gasteiger partial charge in [0.25, 0.3) is 0 Å². The lowest BCUT2D eigenvalue weighted by Crippen LogP contribution is -2.50. The third kappa shape index (κ3) is 1.87. The summed E-state index contributed by atoms with van der Waals surface area (Å²) in [6.07, 6.45) is 13.4. The summed E-state index contributed by atoms with van der Waals surface area (Å²) >= 11 is 0. The van der Waals surface area contributed by atoms with Crippen LogP contribution >= 0.6 is 0 Å². The molecule has 5 aliphatic rings. The molecule has 0 amide bonds. The van der Waals surface area contributed by atoms with Crippen LogP contribution in [0.5, 0.6) is 0 Å². The molecule has 0 unspecified atom stereocenters. The Morgan fingerprint density at radius 3 is 2.83 bits per heavy atom. The molecule has 132 valence electrons. The Hall–Kier alpha value is -0.760. The molecule has 6 atom stereocenters. The van der Waals surface area contributed by atoms with Gasteiger partial charge < -0.3 is 9.84 Å². The van der Waals surface area contributed by atoms with Crippen LogP contribution in [0, 0.1) is 28.6 Å². The Morgan fingerprint density at radius 1 is 1.08 bits per heavy atom. The van der Waals surface area contributed by atoms with Gasteiger partial charge in [-0.3, -0.25) is 0 Å². The number of hydrogen-bond donors (Lipinski definition) is 1. The van der Waals surface area contributed by atoms with Gasteiger partial charge in [0.2, 0.25) is 0 Å². The van der Waals surface area contributed by atoms with Crippen LogP contribution in [0.25, 0.3) is 0 Å². The maximum atomic E-state index is 10.6. The van der Waals surface area contributed by atoms with Gasteiger partial charge in [-0.25, -0.2) is 0 Å². The smallest absolute Gasteiger partial charge is 0.0994 e. The van der Waals surface area contributed by atoms with E-state index in [2.05, 4.69) is 19.9 Å². The van der Waals surface area contributed by atoms with E-state index >= 15 is 0 Å². The first-order valence-corrected chi connectivity index (χ1v) is 10.3. The van der Waals surface area contributed by atoms with E-state index in [0.717, 1.165) is 37.2 Å². The quantitative estimate of drug-likeness (QED) is 0.679. The van der Waals surface area contributed by atoms with Crippen molar-refractivity contribution in [2.75, 3.05) is 6.61 Å². The molecular weight excluding hydrogens is 296 g/mol. The predicted molar refractivity (Wildman–Crippen MR) is 95.3 cm³/mol. The van der Waals surface area contributed by atoms with Gasteiger partial charge >= 0.3 is 0 Å². The van der Waals surface area contributed by atoms with E-state index in [1.54, 1.807) is 11.1 Å². The van der Waals surface area contributed by atoms with Crippen LogP contribution in [0.1, 0.15) is 71.6 Å². The van der Waals surface area contributed by atoms with Crippen LogP contribution in [0.3, 0.4) is 0 Å². The molecule has 0 spiro atoms. The number of ether oxygens (including phenoxy) is 1. The Balaban J connectivity index is 1.54. The van der Waals surface area contributed by atoms with E-state index in [-0.39, 0.29) is 11.5 Å². The van der Waals surface area contributed by atoms with Crippen molar-refractivity contribution in [1.82, 2.24) is 0 Å². The summed E-state index contributed by atoms with van der Waals surface area (Å²) in [5, 5.41) is 10.6. The molecule has 24 heavy (non-hydrogen) atoms. The number of fused-ring (bicyclic) bond motifs is 6. The molecule has 2 saturated carbocycles. The van der Waals surface area contributed by atoms with Crippen molar-refractivity contribution < 1.29 is 9.84 Å². The van der Waals surface area contributed by atoms with Crippen molar-refractivity contribution >= 4 is 0 Å². The molecule has 5 rings (SSSR count). The summed E-state index contributed by atoms with van der Waals surface area (Å²) in [5.41, 5.74) is 3.79. The molecule has 0 radical (unpaired) electrons. The largest absolute Gasteiger partial charge is 0.498 e. The number of aliphatic hydroxyl groups is 1. The summed E-state index contributed by atoms with van der Waals surface area (Å²) in [4.78, 5) is 0. The highest BCUT2D eigenvalue weighted by molar-refractivity contribution is 5.44. The van der Waals surface area contributed by atoms with Crippen LogP contribution in [0.4, 0.5) is 0 Å². The summed E-state index contributed by atoms with van der Waals surface area (Å²) in [6, 6.07) is 0. The highest BCUT2D eigenvalue weighted by Gasteiger charge is 2.58. The molecule has 2 fully saturated rings. The summed E-state index contributed by atoms with van der Waals surface area (Å²) in [7, 11) is 0. The zero-order valence-corrected chi connectivity index (χ0v) is 15.3. The molecular formula is C22H32O2. The SMILES string of the molecule is C[C@]12CC[C@H]3[C@@H](CC=C4C5=C(CC[C@@]43C)OCCC5)[C@@H]1CC[C@@H]2O. The molecule has 0 aromatic rings. The fraction of sp³-hybridized carbons (Fsp3) is 0.818. The van der Waals surface area contributed by atoms with Crippen molar-refractivity contribution in [2.24, 2.45) is 28.6 Å². The molecule has 1 aliphatic heterocycles. The molecule has 0 aromatic carbocycles. The first kappa shape index (κ1) is 15.5. The number of aliphatic hydroxyl groups excluding tert-OH is 1. The molecule has 1 N–H and O–H groups in total. The van der Waals surface area contributed by atoms with Crippen molar-refractivity contribution in [2.45, 2.75) is 77.7 Å². The third-order valence-corrected chi connectivity index (χ3v) is 8.80. The Kier molecular flexibility index (Phi) is 3.31. The normalized spacial score (nSPS) is 50.2. The first-order chi connectivity index (χ1) is 11.5. The Labute approximate surface area is 146 Å². The molecule has 1 heterocycles. The van der Waals surface area contributed by atoms with Gasteiger partial charge in [0, 0.05) is 6.42 Å². The van der Waals surface area contributed by atoms with Crippen LogP contribution in [-0.2, 0) is 4.74 Å². The van der Waals surface area contributed by atoms with Gasteiger partial charge in [0.15, 0.2) is 0 Å². The monoisotopic (exact) mass is 328 g/mol. The molecule has 0 bridgehead atoms. The zero-order chi connectivity index (χ0) is 16.5. The van der Waals surface area contributed by atoms with Gasteiger partial charge in [-0.15, -0.1) is 0 Å². The van der Waals surface area contributed by atoms with Crippen molar-refractivity contribution in [1.29, 1.82) is 0 Å². The van der Waals surface area contributed by atoms with Crippen LogP contribution in [-0.4, -0.2) is 17.8 Å². The second-order valence-corrected chi connectivity index (χ2v) is 9.64. The number of rotatable bonds is 0. The highest BCUT2D eigenvalue weighted by atomic mass is 16.5. The lowest BCUT2D eigenvalue weighted by molar-refractivity contribution is -0.0646. The number of allylic oxidation sites excluding steroid dienone is 4. The van der Waals surface area contributed by atoms with Crippen molar-refractivity contribution in [3.63, 3.8) is 0 Å². The molecule has 2 nitrogen and oxygen atoms in total. The summed E-state index contributed by atoms with van der Waals surface area (Å²) in [5.74, 6) is 3.66. The van der Waals surface area contributed by atoms with Gasteiger partial charge in [-0.1, -0.05) is 19.9 Å². The average Bonchev–Trinajstić information content (AvgIpc) is 2.90. The summed E-state index contributed by atoms with van der Waals surface area (Å²) in [6.45, 7) is 5.86. The van der Waals surface area contributed by atoms with Gasteiger partial charge in [0.1, 0.15) is 0 Å².